The summed E-state index contributed by atoms with van der Waals surface area (Å²) in [6.45, 7) is 7.96. The molecule has 0 aromatic heterocycles. The molecule has 0 saturated carbocycles. The summed E-state index contributed by atoms with van der Waals surface area (Å²) in [4.78, 5) is 29.2. The van der Waals surface area contributed by atoms with Gasteiger partial charge in [0.15, 0.2) is 0 Å². The SMILES string of the molecule is C=CC(=O)NCc1ccc(C(=O)N2c3ccc(C)cc3C3CN(C)CCC32)cc1. The van der Waals surface area contributed by atoms with E-state index in [2.05, 4.69) is 49.0 Å². The molecule has 150 valence electrons. The highest BCUT2D eigenvalue weighted by molar-refractivity contribution is 6.08. The van der Waals surface area contributed by atoms with Crippen LogP contribution in [0.25, 0.3) is 0 Å². The lowest BCUT2D eigenvalue weighted by Crippen LogP contribution is -2.47. The quantitative estimate of drug-likeness (QED) is 0.817. The first-order valence-corrected chi connectivity index (χ1v) is 10.1. The predicted molar refractivity (Wildman–Crippen MR) is 115 cm³/mol. The number of piperidine rings is 1. The summed E-state index contributed by atoms with van der Waals surface area (Å²) >= 11 is 0. The van der Waals surface area contributed by atoms with E-state index in [1.165, 1.54) is 17.2 Å². The summed E-state index contributed by atoms with van der Waals surface area (Å²) in [6, 6.07) is 14.1. The Bertz CT molecular complexity index is 951. The van der Waals surface area contributed by atoms with Gasteiger partial charge in [-0.15, -0.1) is 0 Å². The van der Waals surface area contributed by atoms with Crippen molar-refractivity contribution >= 4 is 17.5 Å². The van der Waals surface area contributed by atoms with Gasteiger partial charge >= 0.3 is 0 Å². The van der Waals surface area contributed by atoms with Crippen LogP contribution >= 0.6 is 0 Å². The van der Waals surface area contributed by atoms with Gasteiger partial charge in [0.05, 0.1) is 0 Å². The van der Waals surface area contributed by atoms with E-state index in [0.29, 0.717) is 18.0 Å². The van der Waals surface area contributed by atoms with Crippen LogP contribution in [0.5, 0.6) is 0 Å². The maximum Gasteiger partial charge on any atom is 0.258 e. The van der Waals surface area contributed by atoms with E-state index in [9.17, 15) is 9.59 Å². The van der Waals surface area contributed by atoms with Gasteiger partial charge < -0.3 is 15.1 Å². The van der Waals surface area contributed by atoms with Crippen molar-refractivity contribution in [3.63, 3.8) is 0 Å². The van der Waals surface area contributed by atoms with E-state index < -0.39 is 0 Å². The molecule has 2 unspecified atom stereocenters. The number of carbonyl (C=O) groups excluding carboxylic acids is 2. The van der Waals surface area contributed by atoms with Crippen molar-refractivity contribution < 1.29 is 9.59 Å². The molecule has 2 aliphatic heterocycles. The van der Waals surface area contributed by atoms with Crippen molar-refractivity contribution in [3.8, 4) is 0 Å². The zero-order valence-electron chi connectivity index (χ0n) is 17.0. The smallest absolute Gasteiger partial charge is 0.258 e. The van der Waals surface area contributed by atoms with E-state index in [-0.39, 0.29) is 17.9 Å². The molecule has 2 aliphatic rings. The second kappa shape index (κ2) is 7.84. The number of hydrogen-bond donors (Lipinski definition) is 1. The molecule has 2 atom stereocenters. The molecule has 2 heterocycles. The topological polar surface area (TPSA) is 52.7 Å². The van der Waals surface area contributed by atoms with E-state index in [1.807, 2.05) is 29.2 Å². The summed E-state index contributed by atoms with van der Waals surface area (Å²) < 4.78 is 0. The Morgan fingerprint density at radius 3 is 2.69 bits per heavy atom. The van der Waals surface area contributed by atoms with Crippen LogP contribution in [0.2, 0.25) is 0 Å². The average Bonchev–Trinajstić information content (AvgIpc) is 3.04. The second-order valence-electron chi connectivity index (χ2n) is 8.08. The number of nitrogens with zero attached hydrogens (tertiary/aromatic N) is 2. The fourth-order valence-electron chi connectivity index (χ4n) is 4.51. The zero-order valence-corrected chi connectivity index (χ0v) is 17.0. The number of aryl methyl sites for hydroxylation is 1. The normalized spacial score (nSPS) is 20.7. The van der Waals surface area contributed by atoms with E-state index in [1.54, 1.807) is 0 Å². The van der Waals surface area contributed by atoms with Gasteiger partial charge in [-0.25, -0.2) is 0 Å². The van der Waals surface area contributed by atoms with E-state index >= 15 is 0 Å². The van der Waals surface area contributed by atoms with Crippen LogP contribution in [0, 0.1) is 6.92 Å². The molecule has 29 heavy (non-hydrogen) atoms. The van der Waals surface area contributed by atoms with E-state index in [0.717, 1.165) is 30.8 Å². The molecule has 2 amide bonds. The monoisotopic (exact) mass is 389 g/mol. The lowest BCUT2D eigenvalue weighted by molar-refractivity contribution is -0.116. The van der Waals surface area contributed by atoms with Crippen LogP contribution in [0.4, 0.5) is 5.69 Å². The Labute approximate surface area is 172 Å². The van der Waals surface area contributed by atoms with Crippen molar-refractivity contribution in [1.29, 1.82) is 0 Å². The number of likely N-dealkylation sites (N-methyl/N-ethyl adjacent to an activating group) is 1. The summed E-state index contributed by atoms with van der Waals surface area (Å²) in [5.41, 5.74) is 5.20. The minimum absolute atomic E-state index is 0.0498. The molecule has 1 fully saturated rings. The Morgan fingerprint density at radius 1 is 1.21 bits per heavy atom. The molecule has 2 aromatic rings. The minimum Gasteiger partial charge on any atom is -0.348 e. The standard InChI is InChI=1S/C24H27N3O2/c1-4-23(28)25-14-17-6-8-18(9-7-17)24(29)27-21-10-5-16(2)13-19(21)20-15-26(3)12-11-22(20)27/h4-10,13,20,22H,1,11-12,14-15H2,2-3H3,(H,25,28). The molecular formula is C24H27N3O2. The van der Waals surface area contributed by atoms with Gasteiger partial charge in [0.1, 0.15) is 0 Å². The van der Waals surface area contributed by atoms with Gasteiger partial charge in [-0.1, -0.05) is 36.4 Å². The number of hydrogen-bond acceptors (Lipinski definition) is 3. The Morgan fingerprint density at radius 2 is 1.97 bits per heavy atom. The van der Waals surface area contributed by atoms with Gasteiger partial charge in [-0.2, -0.15) is 0 Å². The zero-order chi connectivity index (χ0) is 20.5. The third kappa shape index (κ3) is 3.70. The first-order valence-electron chi connectivity index (χ1n) is 10.1. The average molecular weight is 389 g/mol. The van der Waals surface area contributed by atoms with Gasteiger partial charge in [0.2, 0.25) is 5.91 Å². The van der Waals surface area contributed by atoms with Crippen molar-refractivity contribution in [1.82, 2.24) is 10.2 Å². The molecule has 0 bridgehead atoms. The number of amides is 2. The summed E-state index contributed by atoms with van der Waals surface area (Å²) in [6.07, 6.45) is 2.23. The van der Waals surface area contributed by atoms with Crippen LogP contribution in [-0.2, 0) is 11.3 Å². The number of rotatable bonds is 4. The van der Waals surface area contributed by atoms with Gasteiger partial charge in [-0.05, 0) is 62.3 Å². The molecular weight excluding hydrogens is 362 g/mol. The number of likely N-dealkylation sites (tertiary alicyclic amines) is 1. The fourth-order valence-corrected chi connectivity index (χ4v) is 4.51. The summed E-state index contributed by atoms with van der Waals surface area (Å²) in [5, 5.41) is 2.76. The summed E-state index contributed by atoms with van der Waals surface area (Å²) in [7, 11) is 2.15. The molecule has 2 aromatic carbocycles. The molecule has 4 rings (SSSR count). The molecule has 5 heteroatoms. The highest BCUT2D eigenvalue weighted by atomic mass is 16.2. The lowest BCUT2D eigenvalue weighted by Gasteiger charge is -2.36. The van der Waals surface area contributed by atoms with E-state index in [4.69, 9.17) is 0 Å². The third-order valence-corrected chi connectivity index (χ3v) is 6.02. The summed E-state index contributed by atoms with van der Waals surface area (Å²) in [5.74, 6) is 0.206. The number of carbonyl (C=O) groups is 2. The third-order valence-electron chi connectivity index (χ3n) is 6.02. The number of benzene rings is 2. The molecule has 0 spiro atoms. The van der Waals surface area contributed by atoms with Crippen LogP contribution < -0.4 is 10.2 Å². The maximum atomic E-state index is 13.5. The van der Waals surface area contributed by atoms with Crippen LogP contribution in [-0.4, -0.2) is 42.9 Å². The molecule has 1 N–H and O–H groups in total. The highest BCUT2D eigenvalue weighted by Gasteiger charge is 2.44. The predicted octanol–water partition coefficient (Wildman–Crippen LogP) is 3.25. The van der Waals surface area contributed by atoms with Crippen molar-refractivity contribution in [2.24, 2.45) is 0 Å². The van der Waals surface area contributed by atoms with Crippen molar-refractivity contribution in [3.05, 3.63) is 77.4 Å². The Kier molecular flexibility index (Phi) is 5.24. The number of anilines is 1. The van der Waals surface area contributed by atoms with Crippen molar-refractivity contribution in [2.75, 3.05) is 25.0 Å². The van der Waals surface area contributed by atoms with Crippen LogP contribution in [0.3, 0.4) is 0 Å². The first-order chi connectivity index (χ1) is 14.0. The number of nitrogens with one attached hydrogen (secondary N) is 1. The molecule has 1 saturated heterocycles. The van der Waals surface area contributed by atoms with Crippen molar-refractivity contribution in [2.45, 2.75) is 31.8 Å². The Balaban J connectivity index is 1.59. The van der Waals surface area contributed by atoms with Gasteiger partial charge in [0, 0.05) is 36.3 Å². The maximum absolute atomic E-state index is 13.5. The first kappa shape index (κ1) is 19.4. The molecule has 0 aliphatic carbocycles. The lowest BCUT2D eigenvalue weighted by atomic mass is 9.88. The fraction of sp³-hybridized carbons (Fsp3) is 0.333. The second-order valence-corrected chi connectivity index (χ2v) is 8.08. The molecule has 5 nitrogen and oxygen atoms in total. The van der Waals surface area contributed by atoms with Gasteiger partial charge in [0.25, 0.3) is 5.91 Å². The van der Waals surface area contributed by atoms with Crippen LogP contribution in [0.15, 0.2) is 55.1 Å². The largest absolute Gasteiger partial charge is 0.348 e. The van der Waals surface area contributed by atoms with Crippen LogP contribution in [0.1, 0.15) is 39.4 Å². The minimum atomic E-state index is -0.206. The number of fused-ring (bicyclic) bond motifs is 3. The highest BCUT2D eigenvalue weighted by Crippen LogP contribution is 2.45. The Hall–Kier alpha value is -2.92. The molecule has 0 radical (unpaired) electrons. The van der Waals surface area contributed by atoms with Gasteiger partial charge in [-0.3, -0.25) is 9.59 Å².